The van der Waals surface area contributed by atoms with Gasteiger partial charge in [0.25, 0.3) is 5.91 Å². The lowest BCUT2D eigenvalue weighted by molar-refractivity contribution is -0.140. The molecule has 0 aliphatic carbocycles. The average Bonchev–Trinajstić information content (AvgIpc) is 3.44. The van der Waals surface area contributed by atoms with Crippen LogP contribution in [0.15, 0.2) is 35.3 Å². The molecule has 2 aliphatic rings. The number of carbonyl (C=O) groups is 4. The number of nitrogens with one attached hydrogen (secondary N) is 1. The molecule has 45 heavy (non-hydrogen) atoms. The molecule has 0 bridgehead atoms. The monoisotopic (exact) mass is 646 g/mol. The quantitative estimate of drug-likeness (QED) is 0.323. The van der Waals surface area contributed by atoms with Crippen molar-refractivity contribution in [3.8, 4) is 0 Å². The Morgan fingerprint density at radius 1 is 0.978 bits per heavy atom. The second kappa shape index (κ2) is 14.4. The Kier molecular flexibility index (Phi) is 11.6. The predicted octanol–water partition coefficient (Wildman–Crippen LogP) is 2.14. The minimum atomic E-state index is -3.86. The number of rotatable bonds is 8. The molecular formula is C32H50N6O6S. The number of hydrogen-bond acceptors (Lipinski definition) is 6. The second-order valence-corrected chi connectivity index (χ2v) is 16.2. The maximum Gasteiger partial charge on any atom is 0.254 e. The summed E-state index contributed by atoms with van der Waals surface area (Å²) in [5, 5.41) is 2.84. The first-order chi connectivity index (χ1) is 20.8. The van der Waals surface area contributed by atoms with Gasteiger partial charge in [-0.15, -0.1) is 0 Å². The van der Waals surface area contributed by atoms with Crippen LogP contribution in [-0.4, -0.2) is 96.6 Å². The number of nitrogens with two attached hydrogens (primary N) is 1. The molecule has 0 spiro atoms. The molecule has 13 heteroatoms. The van der Waals surface area contributed by atoms with Crippen LogP contribution in [0.3, 0.4) is 0 Å². The highest BCUT2D eigenvalue weighted by atomic mass is 32.2. The lowest BCUT2D eigenvalue weighted by Crippen LogP contribution is -2.56. The van der Waals surface area contributed by atoms with Crippen LogP contribution in [0.25, 0.3) is 0 Å². The van der Waals surface area contributed by atoms with E-state index in [-0.39, 0.29) is 36.7 Å². The molecular weight excluding hydrogens is 596 g/mol. The zero-order valence-electron chi connectivity index (χ0n) is 27.7. The van der Waals surface area contributed by atoms with Gasteiger partial charge < -0.3 is 15.5 Å². The SMILES string of the molecule is CC(C)(C)C(=O)N=C(NC(=O)C(C)(C)C)N1CCC(CN([C@H](Cc2ccccc2)C(=O)N2CCC[C@H]2C(N)=O)S(C)(=O)=O)CC1. The van der Waals surface area contributed by atoms with Gasteiger partial charge in [0.15, 0.2) is 0 Å². The van der Waals surface area contributed by atoms with Gasteiger partial charge in [-0.05, 0) is 43.6 Å². The van der Waals surface area contributed by atoms with Crippen molar-refractivity contribution in [3.63, 3.8) is 0 Å². The normalized spacial score (nSPS) is 19.5. The fraction of sp³-hybridized carbons (Fsp3) is 0.656. The lowest BCUT2D eigenvalue weighted by atomic mass is 9.94. The van der Waals surface area contributed by atoms with E-state index < -0.39 is 44.8 Å². The molecule has 0 unspecified atom stereocenters. The lowest BCUT2D eigenvalue weighted by Gasteiger charge is -2.39. The summed E-state index contributed by atoms with van der Waals surface area (Å²) in [6.07, 6.45) is 3.40. The van der Waals surface area contributed by atoms with Gasteiger partial charge in [-0.1, -0.05) is 71.9 Å². The fourth-order valence-corrected chi connectivity index (χ4v) is 6.58. The Balaban J connectivity index is 1.86. The molecule has 4 amide bonds. The van der Waals surface area contributed by atoms with Crippen molar-refractivity contribution >= 4 is 39.6 Å². The summed E-state index contributed by atoms with van der Waals surface area (Å²) in [4.78, 5) is 59.4. The van der Waals surface area contributed by atoms with Crippen molar-refractivity contribution < 1.29 is 27.6 Å². The summed E-state index contributed by atoms with van der Waals surface area (Å²) in [5.74, 6) is -1.58. The highest BCUT2D eigenvalue weighted by Gasteiger charge is 2.42. The molecule has 250 valence electrons. The number of primary amides is 1. The van der Waals surface area contributed by atoms with E-state index in [1.54, 1.807) is 41.5 Å². The number of aliphatic imine (C=N–C) groups is 1. The number of guanidine groups is 1. The third-order valence-electron chi connectivity index (χ3n) is 8.30. The largest absolute Gasteiger partial charge is 0.368 e. The molecule has 0 radical (unpaired) electrons. The van der Waals surface area contributed by atoms with Crippen LogP contribution in [-0.2, 0) is 35.6 Å². The Hall–Kier alpha value is -3.32. The first-order valence-electron chi connectivity index (χ1n) is 15.6. The maximum absolute atomic E-state index is 14.0. The van der Waals surface area contributed by atoms with Crippen LogP contribution in [0.4, 0.5) is 0 Å². The highest BCUT2D eigenvalue weighted by molar-refractivity contribution is 7.88. The van der Waals surface area contributed by atoms with Crippen molar-refractivity contribution in [1.82, 2.24) is 19.4 Å². The topological polar surface area (TPSA) is 163 Å². The number of amides is 4. The van der Waals surface area contributed by atoms with Crippen molar-refractivity contribution in [2.45, 2.75) is 85.7 Å². The van der Waals surface area contributed by atoms with Gasteiger partial charge in [0.2, 0.25) is 33.7 Å². The average molecular weight is 647 g/mol. The smallest absolute Gasteiger partial charge is 0.254 e. The number of hydrogen-bond donors (Lipinski definition) is 2. The summed E-state index contributed by atoms with van der Waals surface area (Å²) in [6, 6.07) is 7.40. The molecule has 3 rings (SSSR count). The Labute approximate surface area is 267 Å². The number of sulfonamides is 1. The third-order valence-corrected chi connectivity index (χ3v) is 9.56. The van der Waals surface area contributed by atoms with Gasteiger partial charge in [-0.2, -0.15) is 9.30 Å². The number of likely N-dealkylation sites (tertiary alicyclic amines) is 2. The van der Waals surface area contributed by atoms with Crippen molar-refractivity contribution in [2.75, 3.05) is 32.4 Å². The van der Waals surface area contributed by atoms with E-state index in [0.29, 0.717) is 45.3 Å². The molecule has 3 N–H and O–H groups in total. The number of nitrogens with zero attached hydrogens (tertiary/aromatic N) is 4. The molecule has 2 heterocycles. The van der Waals surface area contributed by atoms with Crippen molar-refractivity contribution in [1.29, 1.82) is 0 Å². The van der Waals surface area contributed by atoms with Crippen molar-refractivity contribution in [2.24, 2.45) is 27.5 Å². The van der Waals surface area contributed by atoms with Crippen molar-refractivity contribution in [3.05, 3.63) is 35.9 Å². The minimum absolute atomic E-state index is 0.104. The Bertz CT molecular complexity index is 1370. The van der Waals surface area contributed by atoms with Gasteiger partial charge in [-0.25, -0.2) is 8.42 Å². The molecule has 0 saturated carbocycles. The standard InChI is InChI=1S/C32H50N6O6S/c1-31(2,3)28(41)34-30(35-29(42)32(4,5)6)36-18-15-23(16-19-36)21-38(45(7,43)44)25(20-22-12-9-8-10-13-22)27(40)37-17-11-14-24(37)26(33)39/h8-10,12-13,23-25H,11,14-21H2,1-7H3,(H2,33,39)(H,34,35,41,42)/t24-,25+/m0/s1. The first-order valence-corrected chi connectivity index (χ1v) is 17.4. The molecule has 1 aromatic carbocycles. The predicted molar refractivity (Wildman–Crippen MR) is 173 cm³/mol. The van der Waals surface area contributed by atoms with Crippen LogP contribution >= 0.6 is 0 Å². The zero-order valence-corrected chi connectivity index (χ0v) is 28.5. The zero-order chi connectivity index (χ0) is 33.7. The molecule has 12 nitrogen and oxygen atoms in total. The Morgan fingerprint density at radius 3 is 2.09 bits per heavy atom. The molecule has 2 saturated heterocycles. The third kappa shape index (κ3) is 9.83. The summed E-state index contributed by atoms with van der Waals surface area (Å²) in [7, 11) is -3.86. The van der Waals surface area contributed by atoms with E-state index in [2.05, 4.69) is 10.3 Å². The van der Waals surface area contributed by atoms with E-state index in [9.17, 15) is 27.6 Å². The van der Waals surface area contributed by atoms with Gasteiger partial charge >= 0.3 is 0 Å². The maximum atomic E-state index is 14.0. The van der Waals surface area contributed by atoms with Gasteiger partial charge in [0.1, 0.15) is 12.1 Å². The highest BCUT2D eigenvalue weighted by Crippen LogP contribution is 2.27. The summed E-state index contributed by atoms with van der Waals surface area (Å²) >= 11 is 0. The fourth-order valence-electron chi connectivity index (χ4n) is 5.47. The number of piperidine rings is 1. The molecule has 2 atom stereocenters. The molecule has 2 fully saturated rings. The minimum Gasteiger partial charge on any atom is -0.368 e. The van der Waals surface area contributed by atoms with E-state index in [1.807, 2.05) is 35.2 Å². The van der Waals surface area contributed by atoms with Gasteiger partial charge in [0.05, 0.1) is 6.26 Å². The molecule has 1 aromatic rings. The number of carbonyl (C=O) groups excluding carboxylic acids is 4. The van der Waals surface area contributed by atoms with Crippen LogP contribution in [0, 0.1) is 16.7 Å². The summed E-state index contributed by atoms with van der Waals surface area (Å²) in [6.45, 7) is 11.9. The van der Waals surface area contributed by atoms with Gasteiger partial charge in [0, 0.05) is 37.0 Å². The van der Waals surface area contributed by atoms with E-state index in [4.69, 9.17) is 5.73 Å². The van der Waals surface area contributed by atoms with E-state index >= 15 is 0 Å². The van der Waals surface area contributed by atoms with Crippen LogP contribution < -0.4 is 11.1 Å². The summed E-state index contributed by atoms with van der Waals surface area (Å²) in [5.41, 5.74) is 4.96. The van der Waals surface area contributed by atoms with E-state index in [1.165, 1.54) is 9.21 Å². The summed E-state index contributed by atoms with van der Waals surface area (Å²) < 4.78 is 27.9. The first kappa shape index (κ1) is 36.2. The van der Waals surface area contributed by atoms with Crippen LogP contribution in [0.1, 0.15) is 72.8 Å². The van der Waals surface area contributed by atoms with Gasteiger partial charge in [-0.3, -0.25) is 24.5 Å². The number of benzene rings is 1. The second-order valence-electron chi connectivity index (χ2n) is 14.3. The Morgan fingerprint density at radius 2 is 1.58 bits per heavy atom. The molecule has 0 aromatic heterocycles. The van der Waals surface area contributed by atoms with E-state index in [0.717, 1.165) is 11.8 Å². The molecule has 2 aliphatic heterocycles. The van der Waals surface area contributed by atoms with Crippen LogP contribution in [0.5, 0.6) is 0 Å². The van der Waals surface area contributed by atoms with Crippen LogP contribution in [0.2, 0.25) is 0 Å².